The third-order valence-electron chi connectivity index (χ3n) is 2.16. The van der Waals surface area contributed by atoms with Crippen LogP contribution in [0.2, 0.25) is 0 Å². The molecule has 0 saturated heterocycles. The maximum absolute atomic E-state index is 4.55. The Kier molecular flexibility index (Phi) is 4.82. The van der Waals surface area contributed by atoms with Gasteiger partial charge in [-0.1, -0.05) is 0 Å². The van der Waals surface area contributed by atoms with Crippen LogP contribution in [0.1, 0.15) is 6.42 Å². The molecule has 0 aliphatic rings. The van der Waals surface area contributed by atoms with Crippen LogP contribution in [0, 0.1) is 0 Å². The van der Waals surface area contributed by atoms with Gasteiger partial charge in [0.15, 0.2) is 5.96 Å². The van der Waals surface area contributed by atoms with Gasteiger partial charge in [0.05, 0.1) is 0 Å². The smallest absolute Gasteiger partial charge is 0.195 e. The highest BCUT2D eigenvalue weighted by Crippen LogP contribution is 1.93. The van der Waals surface area contributed by atoms with Crippen LogP contribution in [0.5, 0.6) is 0 Å². The second-order valence-electron chi connectivity index (χ2n) is 4.09. The molecule has 0 unspecified atom stereocenters. The van der Waals surface area contributed by atoms with E-state index in [0.717, 1.165) is 25.5 Å². The molecule has 0 bridgehead atoms. The van der Waals surface area contributed by atoms with Crippen LogP contribution in [0.4, 0.5) is 0 Å². The van der Waals surface area contributed by atoms with Gasteiger partial charge in [-0.05, 0) is 12.5 Å². The summed E-state index contributed by atoms with van der Waals surface area (Å²) < 4.78 is 1.93. The van der Waals surface area contributed by atoms with Crippen LogP contribution < -0.4 is 0 Å². The molecule has 0 aromatic carbocycles. The summed E-state index contributed by atoms with van der Waals surface area (Å²) in [5.74, 6) is 1.00. The van der Waals surface area contributed by atoms with E-state index < -0.39 is 0 Å². The Hall–Kier alpha value is -1.52. The van der Waals surface area contributed by atoms with Crippen molar-refractivity contribution < 1.29 is 0 Å². The zero-order valence-electron chi connectivity index (χ0n) is 10.6. The topological polar surface area (TPSA) is 36.7 Å². The lowest BCUT2D eigenvalue weighted by Gasteiger charge is -2.22. The molecule has 90 valence electrons. The number of rotatable bonds is 4. The summed E-state index contributed by atoms with van der Waals surface area (Å²) in [6.07, 6.45) is 4.78. The van der Waals surface area contributed by atoms with Crippen molar-refractivity contribution in [2.75, 3.05) is 34.7 Å². The minimum atomic E-state index is 0.825. The summed E-state index contributed by atoms with van der Waals surface area (Å²) in [4.78, 5) is 8.59. The van der Waals surface area contributed by atoms with Gasteiger partial charge in [0.2, 0.25) is 0 Å². The molecule has 0 aliphatic heterocycles. The molecule has 0 atom stereocenters. The van der Waals surface area contributed by atoms with Crippen LogP contribution >= 0.6 is 0 Å². The molecule has 0 fully saturated rings. The largest absolute Gasteiger partial charge is 0.349 e. The van der Waals surface area contributed by atoms with Crippen LogP contribution in [0.25, 0.3) is 0 Å². The number of guanidine groups is 1. The summed E-state index contributed by atoms with van der Waals surface area (Å²) in [5.41, 5.74) is 0. The zero-order valence-corrected chi connectivity index (χ0v) is 10.6. The number of nitrogens with zero attached hydrogens (tertiary/aromatic N) is 5. The molecule has 1 aromatic rings. The molecule has 1 aromatic heterocycles. The highest BCUT2D eigenvalue weighted by Gasteiger charge is 2.02. The van der Waals surface area contributed by atoms with Gasteiger partial charge >= 0.3 is 0 Å². The van der Waals surface area contributed by atoms with E-state index in [1.165, 1.54) is 0 Å². The molecular weight excluding hydrogens is 202 g/mol. The van der Waals surface area contributed by atoms with Crippen molar-refractivity contribution in [2.24, 2.45) is 4.99 Å². The van der Waals surface area contributed by atoms with E-state index in [4.69, 9.17) is 0 Å². The van der Waals surface area contributed by atoms with Crippen molar-refractivity contribution >= 4 is 5.96 Å². The van der Waals surface area contributed by atoms with Gasteiger partial charge in [0.1, 0.15) is 0 Å². The minimum absolute atomic E-state index is 0.825. The number of hydrogen-bond donors (Lipinski definition) is 0. The molecule has 1 rings (SSSR count). The summed E-state index contributed by atoms with van der Waals surface area (Å²) in [7, 11) is 8.03. The van der Waals surface area contributed by atoms with Gasteiger partial charge in [-0.3, -0.25) is 9.67 Å². The summed E-state index contributed by atoms with van der Waals surface area (Å²) >= 11 is 0. The van der Waals surface area contributed by atoms with E-state index in [-0.39, 0.29) is 0 Å². The first kappa shape index (κ1) is 12.5. The molecule has 0 spiro atoms. The lowest BCUT2D eigenvalue weighted by Crippen LogP contribution is -2.35. The molecule has 1 heterocycles. The maximum atomic E-state index is 4.55. The lowest BCUT2D eigenvalue weighted by atomic mass is 10.4. The molecule has 16 heavy (non-hydrogen) atoms. The minimum Gasteiger partial charge on any atom is -0.349 e. The van der Waals surface area contributed by atoms with E-state index in [2.05, 4.69) is 10.1 Å². The van der Waals surface area contributed by atoms with E-state index in [0.29, 0.717) is 0 Å². The fraction of sp³-hybridized carbons (Fsp3) is 0.636. The molecule has 5 heteroatoms. The van der Waals surface area contributed by atoms with E-state index >= 15 is 0 Å². The second-order valence-corrected chi connectivity index (χ2v) is 4.09. The Morgan fingerprint density at radius 2 is 1.94 bits per heavy atom. The van der Waals surface area contributed by atoms with E-state index in [9.17, 15) is 0 Å². The van der Waals surface area contributed by atoms with Crippen LogP contribution in [-0.4, -0.2) is 60.3 Å². The molecule has 0 aliphatic carbocycles. The maximum Gasteiger partial charge on any atom is 0.195 e. The van der Waals surface area contributed by atoms with Crippen LogP contribution in [-0.2, 0) is 6.54 Å². The first-order valence-electron chi connectivity index (χ1n) is 5.48. The third kappa shape index (κ3) is 3.92. The van der Waals surface area contributed by atoms with Crippen molar-refractivity contribution in [1.29, 1.82) is 0 Å². The third-order valence-corrected chi connectivity index (χ3v) is 2.16. The van der Waals surface area contributed by atoms with Crippen molar-refractivity contribution in [2.45, 2.75) is 13.0 Å². The Morgan fingerprint density at radius 1 is 1.25 bits per heavy atom. The van der Waals surface area contributed by atoms with E-state index in [1.807, 2.05) is 54.9 Å². The SMILES string of the molecule is CN(C)C(=NCCCn1cccn1)N(C)C. The number of hydrogen-bond acceptors (Lipinski definition) is 2. The van der Waals surface area contributed by atoms with Crippen molar-refractivity contribution in [3.05, 3.63) is 18.5 Å². The van der Waals surface area contributed by atoms with Gasteiger partial charge in [0, 0.05) is 53.7 Å². The van der Waals surface area contributed by atoms with Crippen molar-refractivity contribution in [3.8, 4) is 0 Å². The first-order chi connectivity index (χ1) is 7.61. The molecule has 0 amide bonds. The summed E-state index contributed by atoms with van der Waals surface area (Å²) in [5, 5.41) is 4.15. The average Bonchev–Trinajstić information content (AvgIpc) is 2.68. The molecule has 5 nitrogen and oxygen atoms in total. The monoisotopic (exact) mass is 223 g/mol. The Bertz CT molecular complexity index is 303. The Labute approximate surface area is 97.4 Å². The van der Waals surface area contributed by atoms with E-state index in [1.54, 1.807) is 6.20 Å². The second kappa shape index (κ2) is 6.15. The number of aryl methyl sites for hydroxylation is 1. The highest BCUT2D eigenvalue weighted by molar-refractivity contribution is 5.79. The zero-order chi connectivity index (χ0) is 12.0. The van der Waals surface area contributed by atoms with Gasteiger partial charge < -0.3 is 9.80 Å². The summed E-state index contributed by atoms with van der Waals surface area (Å²) in [6.45, 7) is 1.75. The quantitative estimate of drug-likeness (QED) is 0.429. The predicted octanol–water partition coefficient (Wildman–Crippen LogP) is 0.752. The van der Waals surface area contributed by atoms with Crippen molar-refractivity contribution in [1.82, 2.24) is 19.6 Å². The molecular formula is C11H21N5. The van der Waals surface area contributed by atoms with Gasteiger partial charge in [-0.25, -0.2) is 0 Å². The summed E-state index contributed by atoms with van der Waals surface area (Å²) in [6, 6.07) is 1.94. The van der Waals surface area contributed by atoms with Crippen LogP contribution in [0.15, 0.2) is 23.5 Å². The van der Waals surface area contributed by atoms with Gasteiger partial charge in [-0.15, -0.1) is 0 Å². The van der Waals surface area contributed by atoms with Crippen molar-refractivity contribution in [3.63, 3.8) is 0 Å². The highest BCUT2D eigenvalue weighted by atomic mass is 15.3. The Balaban J connectivity index is 2.34. The van der Waals surface area contributed by atoms with Crippen LogP contribution in [0.3, 0.4) is 0 Å². The van der Waals surface area contributed by atoms with Gasteiger partial charge in [-0.2, -0.15) is 5.10 Å². The standard InChI is InChI=1S/C11H21N5/c1-14(2)11(15(3)4)12-7-5-9-16-10-6-8-13-16/h6,8,10H,5,7,9H2,1-4H3. The number of aliphatic imine (C=N–C) groups is 1. The molecule has 0 radical (unpaired) electrons. The normalized spacial score (nSPS) is 10.0. The molecule has 0 N–H and O–H groups in total. The molecule has 0 saturated carbocycles. The predicted molar refractivity (Wildman–Crippen MR) is 66.5 cm³/mol. The Morgan fingerprint density at radius 3 is 2.44 bits per heavy atom. The van der Waals surface area contributed by atoms with Gasteiger partial charge in [0.25, 0.3) is 0 Å². The fourth-order valence-electron chi connectivity index (χ4n) is 1.53. The number of aromatic nitrogens is 2. The average molecular weight is 223 g/mol. The fourth-order valence-corrected chi connectivity index (χ4v) is 1.53. The first-order valence-corrected chi connectivity index (χ1v) is 5.48. The lowest BCUT2D eigenvalue weighted by molar-refractivity contribution is 0.476.